The van der Waals surface area contributed by atoms with Crippen molar-refractivity contribution in [3.63, 3.8) is 0 Å². The highest BCUT2D eigenvalue weighted by molar-refractivity contribution is 9.10. The van der Waals surface area contributed by atoms with Crippen molar-refractivity contribution >= 4 is 25.8 Å². The summed E-state index contributed by atoms with van der Waals surface area (Å²) in [5.74, 6) is 0. The van der Waals surface area contributed by atoms with Crippen molar-refractivity contribution < 1.29 is 8.42 Å². The summed E-state index contributed by atoms with van der Waals surface area (Å²) in [6, 6.07) is 7.49. The predicted molar refractivity (Wildman–Crippen MR) is 70.2 cm³/mol. The Morgan fingerprint density at radius 3 is 2.12 bits per heavy atom. The lowest BCUT2D eigenvalue weighted by Crippen LogP contribution is -2.32. The van der Waals surface area contributed by atoms with Crippen LogP contribution in [-0.2, 0) is 9.84 Å². The summed E-state index contributed by atoms with van der Waals surface area (Å²) in [6.07, 6.45) is 1.26. The standard InChI is InChI=1S/C11H16BrNO2S/c1-8(16(3,14)15)11(13-2)9-4-6-10(12)7-5-9/h4-8,11,13H,1-3H3. The van der Waals surface area contributed by atoms with Crippen LogP contribution in [0.1, 0.15) is 18.5 Å². The van der Waals surface area contributed by atoms with Gasteiger partial charge in [0.05, 0.1) is 5.25 Å². The van der Waals surface area contributed by atoms with Crippen LogP contribution in [0.4, 0.5) is 0 Å². The Morgan fingerprint density at radius 1 is 1.25 bits per heavy atom. The molecule has 0 aliphatic heterocycles. The molecule has 0 bridgehead atoms. The van der Waals surface area contributed by atoms with Crippen LogP contribution in [0.2, 0.25) is 0 Å². The first-order valence-corrected chi connectivity index (χ1v) is 7.72. The smallest absolute Gasteiger partial charge is 0.151 e. The highest BCUT2D eigenvalue weighted by atomic mass is 79.9. The van der Waals surface area contributed by atoms with Crippen LogP contribution in [0.3, 0.4) is 0 Å². The molecule has 5 heteroatoms. The van der Waals surface area contributed by atoms with E-state index in [0.29, 0.717) is 0 Å². The molecule has 3 nitrogen and oxygen atoms in total. The van der Waals surface area contributed by atoms with E-state index < -0.39 is 15.1 Å². The second-order valence-electron chi connectivity index (χ2n) is 3.85. The lowest BCUT2D eigenvalue weighted by Gasteiger charge is -2.22. The number of sulfone groups is 1. The molecule has 2 atom stereocenters. The molecule has 0 aliphatic rings. The molecule has 1 aromatic rings. The van der Waals surface area contributed by atoms with Gasteiger partial charge in [0.25, 0.3) is 0 Å². The molecule has 0 aromatic heterocycles. The molecule has 1 aromatic carbocycles. The average molecular weight is 306 g/mol. The molecular formula is C11H16BrNO2S. The molecule has 16 heavy (non-hydrogen) atoms. The Morgan fingerprint density at radius 2 is 1.75 bits per heavy atom. The number of hydrogen-bond acceptors (Lipinski definition) is 3. The van der Waals surface area contributed by atoms with E-state index in [9.17, 15) is 8.42 Å². The van der Waals surface area contributed by atoms with E-state index >= 15 is 0 Å². The van der Waals surface area contributed by atoms with Crippen LogP contribution in [0.5, 0.6) is 0 Å². The number of rotatable bonds is 4. The topological polar surface area (TPSA) is 46.2 Å². The van der Waals surface area contributed by atoms with Gasteiger partial charge in [0.2, 0.25) is 0 Å². The molecule has 1 N–H and O–H groups in total. The van der Waals surface area contributed by atoms with E-state index in [1.807, 2.05) is 24.3 Å². The SMILES string of the molecule is CNC(c1ccc(Br)cc1)C(C)S(C)(=O)=O. The van der Waals surface area contributed by atoms with Crippen molar-refractivity contribution in [3.05, 3.63) is 34.3 Å². The molecule has 0 saturated carbocycles. The summed E-state index contributed by atoms with van der Waals surface area (Å²) in [6.45, 7) is 1.72. The lowest BCUT2D eigenvalue weighted by molar-refractivity contribution is 0.535. The van der Waals surface area contributed by atoms with Crippen molar-refractivity contribution in [3.8, 4) is 0 Å². The molecular weight excluding hydrogens is 290 g/mol. The third-order valence-corrected chi connectivity index (χ3v) is 4.84. The summed E-state index contributed by atoms with van der Waals surface area (Å²) in [7, 11) is -1.27. The van der Waals surface area contributed by atoms with E-state index in [1.165, 1.54) is 6.26 Å². The van der Waals surface area contributed by atoms with E-state index in [1.54, 1.807) is 14.0 Å². The number of nitrogens with one attached hydrogen (secondary N) is 1. The van der Waals surface area contributed by atoms with Gasteiger partial charge in [-0.2, -0.15) is 0 Å². The fourth-order valence-corrected chi connectivity index (χ4v) is 2.64. The van der Waals surface area contributed by atoms with E-state index in [4.69, 9.17) is 0 Å². The second kappa shape index (κ2) is 5.29. The van der Waals surface area contributed by atoms with Crippen LogP contribution < -0.4 is 5.32 Å². The fraction of sp³-hybridized carbons (Fsp3) is 0.455. The fourth-order valence-electron chi connectivity index (χ4n) is 1.59. The Kier molecular flexibility index (Phi) is 4.52. The first-order chi connectivity index (χ1) is 7.36. The first-order valence-electron chi connectivity index (χ1n) is 4.98. The van der Waals surface area contributed by atoms with E-state index in [2.05, 4.69) is 21.2 Å². The third kappa shape index (κ3) is 3.30. The average Bonchev–Trinajstić information content (AvgIpc) is 2.20. The van der Waals surface area contributed by atoms with Crippen molar-refractivity contribution in [2.75, 3.05) is 13.3 Å². The van der Waals surface area contributed by atoms with Gasteiger partial charge in [0, 0.05) is 16.8 Å². The third-order valence-electron chi connectivity index (χ3n) is 2.68. The zero-order chi connectivity index (χ0) is 12.3. The minimum Gasteiger partial charge on any atom is -0.312 e. The molecule has 0 amide bonds. The van der Waals surface area contributed by atoms with E-state index in [-0.39, 0.29) is 6.04 Å². The molecule has 0 fully saturated rings. The Labute approximate surface area is 105 Å². The molecule has 1 rings (SSSR count). The molecule has 0 saturated heterocycles. The normalized spacial score (nSPS) is 15.8. The number of benzene rings is 1. The summed E-state index contributed by atoms with van der Waals surface area (Å²) >= 11 is 3.35. The molecule has 2 unspecified atom stereocenters. The van der Waals surface area contributed by atoms with Gasteiger partial charge in [-0.3, -0.25) is 0 Å². The molecule has 90 valence electrons. The minimum absolute atomic E-state index is 0.178. The van der Waals surface area contributed by atoms with Crippen LogP contribution in [0.15, 0.2) is 28.7 Å². The van der Waals surface area contributed by atoms with Crippen molar-refractivity contribution in [2.45, 2.75) is 18.2 Å². The maximum absolute atomic E-state index is 11.5. The molecule has 0 aliphatic carbocycles. The second-order valence-corrected chi connectivity index (χ2v) is 7.17. The van der Waals surface area contributed by atoms with Gasteiger partial charge in [-0.1, -0.05) is 28.1 Å². The van der Waals surface area contributed by atoms with Gasteiger partial charge in [0.15, 0.2) is 9.84 Å². The van der Waals surface area contributed by atoms with Crippen LogP contribution in [0, 0.1) is 0 Å². The quantitative estimate of drug-likeness (QED) is 0.927. The van der Waals surface area contributed by atoms with Gasteiger partial charge >= 0.3 is 0 Å². The Balaban J connectivity index is 3.03. The van der Waals surface area contributed by atoms with Gasteiger partial charge in [-0.25, -0.2) is 8.42 Å². The van der Waals surface area contributed by atoms with Crippen molar-refractivity contribution in [1.82, 2.24) is 5.32 Å². The lowest BCUT2D eigenvalue weighted by atomic mass is 10.0. The first kappa shape index (κ1) is 13.7. The largest absolute Gasteiger partial charge is 0.312 e. The predicted octanol–water partition coefficient (Wildman–Crippen LogP) is 2.14. The zero-order valence-corrected chi connectivity index (χ0v) is 12.0. The zero-order valence-electron chi connectivity index (χ0n) is 9.57. The van der Waals surface area contributed by atoms with Crippen LogP contribution >= 0.6 is 15.9 Å². The monoisotopic (exact) mass is 305 g/mol. The van der Waals surface area contributed by atoms with Crippen LogP contribution in [0.25, 0.3) is 0 Å². The minimum atomic E-state index is -3.05. The maximum Gasteiger partial charge on any atom is 0.151 e. The molecule has 0 radical (unpaired) electrons. The number of hydrogen-bond donors (Lipinski definition) is 1. The van der Waals surface area contributed by atoms with Gasteiger partial charge in [-0.05, 0) is 31.7 Å². The number of halogens is 1. The molecule has 0 heterocycles. The Hall–Kier alpha value is -0.390. The van der Waals surface area contributed by atoms with Crippen molar-refractivity contribution in [2.24, 2.45) is 0 Å². The maximum atomic E-state index is 11.5. The summed E-state index contributed by atoms with van der Waals surface area (Å²) < 4.78 is 24.0. The summed E-state index contributed by atoms with van der Waals surface area (Å²) in [4.78, 5) is 0. The highest BCUT2D eigenvalue weighted by Gasteiger charge is 2.25. The van der Waals surface area contributed by atoms with Crippen molar-refractivity contribution in [1.29, 1.82) is 0 Å². The summed E-state index contributed by atoms with van der Waals surface area (Å²) in [5, 5.41) is 2.60. The highest BCUT2D eigenvalue weighted by Crippen LogP contribution is 2.22. The Bertz CT molecular complexity index is 442. The van der Waals surface area contributed by atoms with E-state index in [0.717, 1.165) is 10.0 Å². The molecule has 0 spiro atoms. The van der Waals surface area contributed by atoms with Gasteiger partial charge < -0.3 is 5.32 Å². The van der Waals surface area contributed by atoms with Gasteiger partial charge in [-0.15, -0.1) is 0 Å². The van der Waals surface area contributed by atoms with Gasteiger partial charge in [0.1, 0.15) is 0 Å². The summed E-state index contributed by atoms with van der Waals surface area (Å²) in [5.41, 5.74) is 0.976. The van der Waals surface area contributed by atoms with Crippen LogP contribution in [-0.4, -0.2) is 27.0 Å².